The Hall–Kier alpha value is -3.19. The molecule has 0 bridgehead atoms. The molecule has 0 radical (unpaired) electrons. The van der Waals surface area contributed by atoms with Gasteiger partial charge >= 0.3 is 0 Å². The molecule has 6 nitrogen and oxygen atoms in total. The zero-order chi connectivity index (χ0) is 19.2. The molecule has 1 amide bonds. The third-order valence-corrected chi connectivity index (χ3v) is 4.13. The van der Waals surface area contributed by atoms with E-state index in [2.05, 4.69) is 15.5 Å². The van der Waals surface area contributed by atoms with Crippen molar-refractivity contribution < 1.29 is 13.9 Å². The van der Waals surface area contributed by atoms with Crippen LogP contribution in [-0.2, 0) is 0 Å². The van der Waals surface area contributed by atoms with Gasteiger partial charge in [-0.2, -0.15) is 5.10 Å². The predicted octanol–water partition coefficient (Wildman–Crippen LogP) is 2.96. The number of hydrogen-bond acceptors (Lipinski definition) is 4. The molecular formula is C20H21FN4O2. The molecule has 0 aliphatic heterocycles. The van der Waals surface area contributed by atoms with Gasteiger partial charge in [0.1, 0.15) is 11.6 Å². The number of methoxy groups -OCH3 is 1. The van der Waals surface area contributed by atoms with E-state index in [9.17, 15) is 9.18 Å². The highest BCUT2D eigenvalue weighted by Crippen LogP contribution is 2.32. The Balaban J connectivity index is 1.96. The van der Waals surface area contributed by atoms with E-state index < -0.39 is 0 Å². The van der Waals surface area contributed by atoms with Gasteiger partial charge in [0.25, 0.3) is 5.91 Å². The first-order valence-electron chi connectivity index (χ1n) is 8.61. The molecule has 140 valence electrons. The lowest BCUT2D eigenvalue weighted by Crippen LogP contribution is -2.26. The normalized spacial score (nSPS) is 11.2. The molecule has 0 spiro atoms. The Morgan fingerprint density at radius 2 is 2.04 bits per heavy atom. The number of carbonyl (C=O) groups excluding carboxylic acids is 1. The molecule has 0 saturated carbocycles. The summed E-state index contributed by atoms with van der Waals surface area (Å²) in [6, 6.07) is 9.63. The fourth-order valence-electron chi connectivity index (χ4n) is 2.77. The zero-order valence-corrected chi connectivity index (χ0v) is 15.0. The van der Waals surface area contributed by atoms with Crippen molar-refractivity contribution in [1.82, 2.24) is 15.5 Å². The maximum absolute atomic E-state index is 13.0. The Labute approximate surface area is 156 Å². The van der Waals surface area contributed by atoms with Crippen LogP contribution < -0.4 is 15.8 Å². The van der Waals surface area contributed by atoms with Crippen molar-refractivity contribution in [3.05, 3.63) is 59.0 Å². The highest BCUT2D eigenvalue weighted by atomic mass is 19.1. The van der Waals surface area contributed by atoms with Gasteiger partial charge in [-0.05, 0) is 48.9 Å². The molecule has 4 N–H and O–H groups in total. The summed E-state index contributed by atoms with van der Waals surface area (Å²) < 4.78 is 18.6. The topological polar surface area (TPSA) is 93.0 Å². The van der Waals surface area contributed by atoms with E-state index >= 15 is 0 Å². The van der Waals surface area contributed by atoms with Gasteiger partial charge in [0.2, 0.25) is 0 Å². The maximum atomic E-state index is 13.0. The summed E-state index contributed by atoms with van der Waals surface area (Å²) in [5.41, 5.74) is 8.11. The number of aromatic nitrogens is 2. The number of halogens is 1. The lowest BCUT2D eigenvalue weighted by molar-refractivity contribution is 0.0950. The fraction of sp³-hybridized carbons (Fsp3) is 0.200. The van der Waals surface area contributed by atoms with Crippen molar-refractivity contribution in [3.8, 4) is 5.75 Å². The van der Waals surface area contributed by atoms with Crippen molar-refractivity contribution in [2.24, 2.45) is 5.73 Å². The van der Waals surface area contributed by atoms with Crippen LogP contribution in [0.15, 0.2) is 36.4 Å². The number of fused-ring (bicyclic) bond motifs is 1. The summed E-state index contributed by atoms with van der Waals surface area (Å²) in [5, 5.41) is 10.8. The van der Waals surface area contributed by atoms with Crippen LogP contribution in [0, 0.1) is 5.82 Å². The van der Waals surface area contributed by atoms with Gasteiger partial charge in [0.15, 0.2) is 0 Å². The van der Waals surface area contributed by atoms with Crippen LogP contribution in [0.5, 0.6) is 5.75 Å². The molecule has 1 aromatic heterocycles. The summed E-state index contributed by atoms with van der Waals surface area (Å²) in [6.07, 6.45) is 4.32. The molecule has 0 saturated heterocycles. The Morgan fingerprint density at radius 1 is 1.26 bits per heavy atom. The first-order chi connectivity index (χ1) is 13.1. The number of nitrogens with two attached hydrogens (primary N) is 1. The molecular weight excluding hydrogens is 347 g/mol. The monoisotopic (exact) mass is 368 g/mol. The van der Waals surface area contributed by atoms with Crippen LogP contribution >= 0.6 is 0 Å². The lowest BCUT2D eigenvalue weighted by atomic mass is 10.1. The average Bonchev–Trinajstić information content (AvgIpc) is 3.10. The third kappa shape index (κ3) is 4.15. The molecule has 27 heavy (non-hydrogen) atoms. The second-order valence-electron chi connectivity index (χ2n) is 5.96. The molecule has 1 heterocycles. The molecule has 3 rings (SSSR count). The largest absolute Gasteiger partial charge is 0.495 e. The summed E-state index contributed by atoms with van der Waals surface area (Å²) in [6.45, 7) is 1.01. The quantitative estimate of drug-likeness (QED) is 0.559. The number of amides is 1. The summed E-state index contributed by atoms with van der Waals surface area (Å²) in [5.74, 6) is -0.0635. The number of aromatic amines is 1. The van der Waals surface area contributed by atoms with Crippen LogP contribution in [-0.4, -0.2) is 36.3 Å². The van der Waals surface area contributed by atoms with Crippen molar-refractivity contribution >= 4 is 29.0 Å². The Bertz CT molecular complexity index is 964. The van der Waals surface area contributed by atoms with Gasteiger partial charge in [-0.3, -0.25) is 9.89 Å². The molecule has 0 aliphatic carbocycles. The van der Waals surface area contributed by atoms with E-state index in [1.807, 2.05) is 6.08 Å². The van der Waals surface area contributed by atoms with Crippen molar-refractivity contribution in [3.63, 3.8) is 0 Å². The summed E-state index contributed by atoms with van der Waals surface area (Å²) in [4.78, 5) is 12.5. The van der Waals surface area contributed by atoms with Gasteiger partial charge in [0, 0.05) is 6.54 Å². The van der Waals surface area contributed by atoms with Crippen molar-refractivity contribution in [2.75, 3.05) is 20.2 Å². The second-order valence-corrected chi connectivity index (χ2v) is 5.96. The number of nitrogens with zero attached hydrogens (tertiary/aromatic N) is 1. The number of ether oxygens (including phenoxy) is 1. The number of rotatable bonds is 7. The standard InChI is InChI=1S/C20H21FN4O2/c1-27-19-15(20(26)23-12-2-11-22)8-10-17-18(19)16(24-25-17)9-5-13-3-6-14(21)7-4-13/h3-10H,2,11-12,22H2,1H3,(H,23,26)(H,24,25). The molecule has 0 unspecified atom stereocenters. The number of benzene rings is 2. The Kier molecular flexibility index (Phi) is 5.83. The van der Waals surface area contributed by atoms with E-state index in [0.29, 0.717) is 41.9 Å². The lowest BCUT2D eigenvalue weighted by Gasteiger charge is -2.10. The van der Waals surface area contributed by atoms with Crippen LogP contribution in [0.1, 0.15) is 28.0 Å². The maximum Gasteiger partial charge on any atom is 0.255 e. The van der Waals surface area contributed by atoms with Crippen LogP contribution in [0.4, 0.5) is 4.39 Å². The third-order valence-electron chi connectivity index (χ3n) is 4.13. The van der Waals surface area contributed by atoms with Crippen LogP contribution in [0.3, 0.4) is 0 Å². The molecule has 3 aromatic rings. The molecule has 2 aromatic carbocycles. The smallest absolute Gasteiger partial charge is 0.255 e. The summed E-state index contributed by atoms with van der Waals surface area (Å²) >= 11 is 0. The van der Waals surface area contributed by atoms with E-state index in [0.717, 1.165) is 11.1 Å². The van der Waals surface area contributed by atoms with Crippen molar-refractivity contribution in [1.29, 1.82) is 0 Å². The van der Waals surface area contributed by atoms with Crippen molar-refractivity contribution in [2.45, 2.75) is 6.42 Å². The highest BCUT2D eigenvalue weighted by Gasteiger charge is 2.18. The first kappa shape index (κ1) is 18.6. The second kappa shape index (κ2) is 8.46. The van der Waals surface area contributed by atoms with E-state index in [4.69, 9.17) is 10.5 Å². The number of carbonyl (C=O) groups is 1. The van der Waals surface area contributed by atoms with Gasteiger partial charge < -0.3 is 15.8 Å². The van der Waals surface area contributed by atoms with Gasteiger partial charge in [-0.1, -0.05) is 18.2 Å². The average molecular weight is 368 g/mol. The number of H-pyrrole nitrogens is 1. The van der Waals surface area contributed by atoms with Gasteiger partial charge in [-0.15, -0.1) is 0 Å². The number of hydrogen-bond donors (Lipinski definition) is 3. The van der Waals surface area contributed by atoms with E-state index in [1.165, 1.54) is 19.2 Å². The SMILES string of the molecule is COc1c(C(=O)NCCCN)ccc2[nH]nc(C=Cc3ccc(F)cc3)c12. The fourth-order valence-corrected chi connectivity index (χ4v) is 2.77. The predicted molar refractivity (Wildman–Crippen MR) is 104 cm³/mol. The van der Waals surface area contributed by atoms with Gasteiger partial charge in [0.05, 0.1) is 29.3 Å². The number of nitrogens with one attached hydrogen (secondary N) is 2. The van der Waals surface area contributed by atoms with E-state index in [1.54, 1.807) is 30.3 Å². The Morgan fingerprint density at radius 3 is 2.74 bits per heavy atom. The minimum atomic E-state index is -0.288. The van der Waals surface area contributed by atoms with Gasteiger partial charge in [-0.25, -0.2) is 4.39 Å². The minimum Gasteiger partial charge on any atom is -0.495 e. The molecule has 0 atom stereocenters. The molecule has 7 heteroatoms. The van der Waals surface area contributed by atoms with Crippen LogP contribution in [0.25, 0.3) is 23.1 Å². The highest BCUT2D eigenvalue weighted by molar-refractivity contribution is 6.05. The van der Waals surface area contributed by atoms with Crippen LogP contribution in [0.2, 0.25) is 0 Å². The van der Waals surface area contributed by atoms with E-state index in [-0.39, 0.29) is 11.7 Å². The molecule has 0 aliphatic rings. The molecule has 0 fully saturated rings. The minimum absolute atomic E-state index is 0.225. The first-order valence-corrected chi connectivity index (χ1v) is 8.61. The zero-order valence-electron chi connectivity index (χ0n) is 15.0. The summed E-state index contributed by atoms with van der Waals surface area (Å²) in [7, 11) is 1.52.